The maximum atomic E-state index is 13.4. The van der Waals surface area contributed by atoms with E-state index in [0.29, 0.717) is 16.1 Å². The molecular weight excluding hydrogens is 601 g/mol. The highest BCUT2D eigenvalue weighted by Gasteiger charge is 2.49. The molecule has 0 saturated carbocycles. The first-order chi connectivity index (χ1) is 20.2. The van der Waals surface area contributed by atoms with E-state index in [1.54, 1.807) is 36.5 Å². The molecular formula is C31H26Cl3N3O5. The second kappa shape index (κ2) is 12.8. The summed E-state index contributed by atoms with van der Waals surface area (Å²) in [6.45, 7) is 3.59. The van der Waals surface area contributed by atoms with E-state index in [0.717, 1.165) is 11.1 Å². The van der Waals surface area contributed by atoms with Crippen LogP contribution in [0, 0.1) is 0 Å². The van der Waals surface area contributed by atoms with Gasteiger partial charge in [0, 0.05) is 13.2 Å². The molecule has 216 valence electrons. The number of aliphatic imine (C=N–C) groups is 2. The van der Waals surface area contributed by atoms with Gasteiger partial charge in [0.25, 0.3) is 0 Å². The number of benzene rings is 3. The number of nitrogens with zero attached hydrogens (tertiary/aromatic N) is 3. The molecule has 5 atom stereocenters. The van der Waals surface area contributed by atoms with Crippen LogP contribution < -0.4 is 0 Å². The number of aliphatic hydroxyl groups is 2. The molecule has 3 aromatic carbocycles. The molecule has 0 bridgehead atoms. The van der Waals surface area contributed by atoms with Gasteiger partial charge in [-0.2, -0.15) is 0 Å². The van der Waals surface area contributed by atoms with Crippen LogP contribution in [0.1, 0.15) is 33.8 Å². The Morgan fingerprint density at radius 2 is 1.67 bits per heavy atom. The third-order valence-electron chi connectivity index (χ3n) is 7.04. The zero-order valence-electron chi connectivity index (χ0n) is 22.3. The van der Waals surface area contributed by atoms with Gasteiger partial charge in [-0.15, -0.1) is 0 Å². The molecule has 1 saturated heterocycles. The van der Waals surface area contributed by atoms with Crippen molar-refractivity contribution in [3.63, 3.8) is 0 Å². The predicted molar refractivity (Wildman–Crippen MR) is 164 cm³/mol. The number of rotatable bonds is 8. The van der Waals surface area contributed by atoms with E-state index in [1.165, 1.54) is 17.7 Å². The molecule has 2 N–H and O–H groups in total. The van der Waals surface area contributed by atoms with Gasteiger partial charge in [-0.1, -0.05) is 83.3 Å². The van der Waals surface area contributed by atoms with Crippen LogP contribution in [0.3, 0.4) is 0 Å². The van der Waals surface area contributed by atoms with Gasteiger partial charge in [0.2, 0.25) is 0 Å². The highest BCUT2D eigenvalue weighted by Crippen LogP contribution is 2.42. The second-order valence-electron chi connectivity index (χ2n) is 9.55. The van der Waals surface area contributed by atoms with Crippen molar-refractivity contribution in [3.05, 3.63) is 112 Å². The van der Waals surface area contributed by atoms with Gasteiger partial charge in [0.15, 0.2) is 12.3 Å². The molecule has 0 radical (unpaired) electrons. The van der Waals surface area contributed by atoms with Crippen LogP contribution in [0.4, 0.5) is 5.82 Å². The number of hydrogen-bond acceptors (Lipinski definition) is 7. The number of carbonyl (C=O) groups excluding carboxylic acids is 1. The van der Waals surface area contributed by atoms with Gasteiger partial charge < -0.3 is 24.3 Å². The molecule has 1 fully saturated rings. The number of carbonyl (C=O) groups is 1. The van der Waals surface area contributed by atoms with Gasteiger partial charge in [0.05, 0.1) is 21.2 Å². The molecule has 0 spiro atoms. The van der Waals surface area contributed by atoms with Crippen molar-refractivity contribution >= 4 is 58.5 Å². The Hall–Kier alpha value is -3.50. The Morgan fingerprint density at radius 3 is 2.31 bits per heavy atom. The molecule has 1 aromatic heterocycles. The van der Waals surface area contributed by atoms with Crippen molar-refractivity contribution in [1.82, 2.24) is 4.57 Å². The van der Waals surface area contributed by atoms with E-state index in [4.69, 9.17) is 44.3 Å². The second-order valence-corrected chi connectivity index (χ2v) is 10.7. The molecule has 11 heteroatoms. The van der Waals surface area contributed by atoms with Crippen molar-refractivity contribution in [2.45, 2.75) is 30.6 Å². The van der Waals surface area contributed by atoms with E-state index in [1.807, 2.05) is 42.5 Å². The third-order valence-corrected chi connectivity index (χ3v) is 8.15. The van der Waals surface area contributed by atoms with Crippen molar-refractivity contribution in [1.29, 1.82) is 0 Å². The lowest BCUT2D eigenvalue weighted by Gasteiger charge is -2.26. The largest absolute Gasteiger partial charge is 0.451 e. The first-order valence-electron chi connectivity index (χ1n) is 12.9. The normalized spacial score (nSPS) is 21.2. The molecule has 4 aromatic rings. The summed E-state index contributed by atoms with van der Waals surface area (Å²) in [5.74, 6) is -0.383. The van der Waals surface area contributed by atoms with Crippen molar-refractivity contribution < 1.29 is 24.5 Å². The molecule has 42 heavy (non-hydrogen) atoms. The third kappa shape index (κ3) is 5.87. The lowest BCUT2D eigenvalue weighted by atomic mass is 9.98. The zero-order valence-corrected chi connectivity index (χ0v) is 24.5. The molecule has 1 aliphatic rings. The standard InChI is InChI=1S/C31H26Cl3N3O5/c1-35-28(34)21-14-15-37(29(21)36-2)30-25(39)24(38)27(41-30)26(20-12-13-22(32)23(33)16-20)42-31(40)19-10-8-18(9-11-19)17-6-4-3-5-7-17/h3-16,24-27,30,38-39H,2H2,1H3/t24-,25+,26+,27-,30+/m0/s1. The van der Waals surface area contributed by atoms with E-state index in [2.05, 4.69) is 16.7 Å². The Balaban J connectivity index is 1.46. The molecule has 0 amide bonds. The summed E-state index contributed by atoms with van der Waals surface area (Å²) in [4.78, 5) is 21.4. The molecule has 0 unspecified atom stereocenters. The summed E-state index contributed by atoms with van der Waals surface area (Å²) >= 11 is 18.7. The highest BCUT2D eigenvalue weighted by molar-refractivity contribution is 6.70. The van der Waals surface area contributed by atoms with Crippen LogP contribution in [-0.2, 0) is 9.47 Å². The summed E-state index contributed by atoms with van der Waals surface area (Å²) in [5.41, 5.74) is 3.09. The van der Waals surface area contributed by atoms with Crippen LogP contribution in [0.2, 0.25) is 10.0 Å². The molecule has 0 aliphatic carbocycles. The Kier molecular flexibility index (Phi) is 9.13. The van der Waals surface area contributed by atoms with Crippen LogP contribution in [0.15, 0.2) is 95.0 Å². The summed E-state index contributed by atoms with van der Waals surface area (Å²) in [6.07, 6.45) is -4.80. The quantitative estimate of drug-likeness (QED) is 0.169. The van der Waals surface area contributed by atoms with E-state index in [9.17, 15) is 15.0 Å². The van der Waals surface area contributed by atoms with E-state index in [-0.39, 0.29) is 21.6 Å². The van der Waals surface area contributed by atoms with Crippen molar-refractivity contribution in [3.8, 4) is 11.1 Å². The molecule has 8 nitrogen and oxygen atoms in total. The summed E-state index contributed by atoms with van der Waals surface area (Å²) in [7, 11) is 1.53. The van der Waals surface area contributed by atoms with Gasteiger partial charge in [0.1, 0.15) is 29.3 Å². The Labute approximate surface area is 257 Å². The number of halogens is 3. The highest BCUT2D eigenvalue weighted by atomic mass is 35.5. The SMILES string of the molecule is C=Nc1c(C(Cl)=NC)ccn1[C@@H]1O[C@H]([C@H](OC(=O)c2ccc(-c3ccccc3)cc2)c2ccc(Cl)c(Cl)c2)[C@@H](O)[C@H]1O. The van der Waals surface area contributed by atoms with Gasteiger partial charge in [-0.05, 0) is 53.7 Å². The summed E-state index contributed by atoms with van der Waals surface area (Å²) in [5, 5.41) is 23.0. The number of esters is 1. The average Bonchev–Trinajstić information content (AvgIpc) is 3.57. The number of ether oxygens (including phenoxy) is 2. The molecule has 5 rings (SSSR count). The minimum absolute atomic E-state index is 0.182. The fourth-order valence-corrected chi connectivity index (χ4v) is 5.34. The minimum Gasteiger partial charge on any atom is -0.451 e. The van der Waals surface area contributed by atoms with Gasteiger partial charge >= 0.3 is 5.97 Å². The maximum absolute atomic E-state index is 13.4. The summed E-state index contributed by atoms with van der Waals surface area (Å²) < 4.78 is 13.6. The average molecular weight is 627 g/mol. The van der Waals surface area contributed by atoms with Crippen LogP contribution in [-0.4, -0.2) is 58.0 Å². The zero-order chi connectivity index (χ0) is 30.0. The maximum Gasteiger partial charge on any atom is 0.338 e. The van der Waals surface area contributed by atoms with E-state index >= 15 is 0 Å². The lowest BCUT2D eigenvalue weighted by Crippen LogP contribution is -2.36. The van der Waals surface area contributed by atoms with Crippen LogP contribution >= 0.6 is 34.8 Å². The van der Waals surface area contributed by atoms with Crippen molar-refractivity contribution in [2.24, 2.45) is 9.98 Å². The minimum atomic E-state index is -1.47. The fraction of sp³-hybridized carbons (Fsp3) is 0.194. The van der Waals surface area contributed by atoms with Gasteiger partial charge in [-0.25, -0.2) is 9.79 Å². The van der Waals surface area contributed by atoms with Crippen molar-refractivity contribution in [2.75, 3.05) is 7.05 Å². The smallest absolute Gasteiger partial charge is 0.338 e. The number of aromatic nitrogens is 1. The van der Waals surface area contributed by atoms with Gasteiger partial charge in [-0.3, -0.25) is 4.99 Å². The monoisotopic (exact) mass is 625 g/mol. The fourth-order valence-electron chi connectivity index (χ4n) is 4.89. The van der Waals surface area contributed by atoms with Crippen LogP contribution in [0.5, 0.6) is 0 Å². The lowest BCUT2D eigenvalue weighted by molar-refractivity contribution is -0.0920. The topological polar surface area (TPSA) is 106 Å². The first-order valence-corrected chi connectivity index (χ1v) is 14.0. The van der Waals surface area contributed by atoms with E-state index < -0.39 is 36.6 Å². The molecule has 2 heterocycles. The summed E-state index contributed by atoms with van der Waals surface area (Å²) in [6, 6.07) is 23.0. The predicted octanol–water partition coefficient (Wildman–Crippen LogP) is 6.63. The number of aliphatic hydroxyl groups excluding tert-OH is 2. The number of hydrogen-bond donors (Lipinski definition) is 2. The van der Waals surface area contributed by atoms with Crippen LogP contribution in [0.25, 0.3) is 11.1 Å². The Morgan fingerprint density at radius 1 is 0.976 bits per heavy atom. The molecule has 1 aliphatic heterocycles. The Bertz CT molecular complexity index is 1620. The first kappa shape index (κ1) is 30.0.